The van der Waals surface area contributed by atoms with Gasteiger partial charge in [-0.05, 0) is 50.8 Å². The van der Waals surface area contributed by atoms with Crippen molar-refractivity contribution < 1.29 is 14.4 Å². The molecule has 1 fully saturated rings. The van der Waals surface area contributed by atoms with Crippen molar-refractivity contribution in [3.63, 3.8) is 0 Å². The van der Waals surface area contributed by atoms with Crippen LogP contribution in [0, 0.1) is 0 Å². The number of benzene rings is 2. The number of likely N-dealkylation sites (N-methyl/N-ethyl adjacent to an activating group) is 1. The summed E-state index contributed by atoms with van der Waals surface area (Å²) in [5.41, 5.74) is 7.11. The number of aromatic amines is 1. The highest BCUT2D eigenvalue weighted by Crippen LogP contribution is 2.36. The predicted octanol–water partition coefficient (Wildman–Crippen LogP) is 2.63. The summed E-state index contributed by atoms with van der Waals surface area (Å²) in [6, 6.07) is 16.9. The maximum absolute atomic E-state index is 13.8. The maximum Gasteiger partial charge on any atom is 0.245 e. The van der Waals surface area contributed by atoms with Gasteiger partial charge in [-0.1, -0.05) is 48.5 Å². The number of carbonyl (C=O) groups excluding carboxylic acids is 3. The zero-order chi connectivity index (χ0) is 26.6. The van der Waals surface area contributed by atoms with Crippen molar-refractivity contribution in [2.24, 2.45) is 5.73 Å². The van der Waals surface area contributed by atoms with E-state index in [1.807, 2.05) is 67.7 Å². The molecule has 8 nitrogen and oxygen atoms in total. The highest BCUT2D eigenvalue weighted by Gasteiger charge is 2.44. The Morgan fingerprint density at radius 3 is 2.35 bits per heavy atom. The van der Waals surface area contributed by atoms with Crippen LogP contribution in [0.3, 0.4) is 0 Å². The van der Waals surface area contributed by atoms with Gasteiger partial charge in [-0.15, -0.1) is 0 Å². The molecule has 1 atom stereocenters. The standard InChI is InChI=1S/C29H37N5O3/c1-4-31-27(37)29(21-10-6-5-7-11-21)14-16-34(17-15-29)25(35)24(33-26(36)28(2,3)30)18-20-19-32-23-13-9-8-12-22(20)23/h5-13,19,24,32H,4,14-18,30H2,1-3H3,(H,31,37)(H,33,36)/t24-/m1/s1. The molecule has 0 spiro atoms. The Bertz CT molecular complexity index is 1250. The molecule has 3 amide bonds. The van der Waals surface area contributed by atoms with E-state index in [4.69, 9.17) is 5.73 Å². The SMILES string of the molecule is CCNC(=O)C1(c2ccccc2)CCN(C(=O)[C@@H](Cc2c[nH]c3ccccc23)NC(=O)C(C)(C)N)CC1. The van der Waals surface area contributed by atoms with Crippen molar-refractivity contribution in [3.05, 3.63) is 71.9 Å². The molecule has 8 heteroatoms. The van der Waals surface area contributed by atoms with E-state index in [0.717, 1.165) is 22.0 Å². The smallest absolute Gasteiger partial charge is 0.245 e. The van der Waals surface area contributed by atoms with Gasteiger partial charge in [0.15, 0.2) is 0 Å². The quantitative estimate of drug-likeness (QED) is 0.378. The molecule has 0 unspecified atom stereocenters. The molecule has 4 rings (SSSR count). The molecule has 0 aliphatic carbocycles. The molecule has 0 saturated carbocycles. The van der Waals surface area contributed by atoms with Crippen molar-refractivity contribution in [1.82, 2.24) is 20.5 Å². The highest BCUT2D eigenvalue weighted by atomic mass is 16.2. The van der Waals surface area contributed by atoms with Gasteiger partial charge in [0.1, 0.15) is 6.04 Å². The number of para-hydroxylation sites is 1. The summed E-state index contributed by atoms with van der Waals surface area (Å²) in [5.74, 6) is -0.564. The van der Waals surface area contributed by atoms with Gasteiger partial charge in [0, 0.05) is 43.2 Å². The van der Waals surface area contributed by atoms with Crippen LogP contribution in [0.4, 0.5) is 0 Å². The number of H-pyrrole nitrogens is 1. The molecule has 3 aromatic rings. The average Bonchev–Trinajstić information content (AvgIpc) is 3.30. The van der Waals surface area contributed by atoms with Crippen LogP contribution in [0.5, 0.6) is 0 Å². The minimum atomic E-state index is -1.12. The van der Waals surface area contributed by atoms with E-state index in [-0.39, 0.29) is 17.7 Å². The first kappa shape index (κ1) is 26.4. The molecule has 37 heavy (non-hydrogen) atoms. The third kappa shape index (κ3) is 5.54. The Hall–Kier alpha value is -3.65. The number of aromatic nitrogens is 1. The lowest BCUT2D eigenvalue weighted by atomic mass is 9.72. The molecule has 196 valence electrons. The van der Waals surface area contributed by atoms with E-state index in [9.17, 15) is 14.4 Å². The van der Waals surface area contributed by atoms with E-state index >= 15 is 0 Å². The van der Waals surface area contributed by atoms with E-state index in [1.54, 1.807) is 18.7 Å². The van der Waals surface area contributed by atoms with Gasteiger partial charge in [-0.3, -0.25) is 14.4 Å². The number of nitrogens with one attached hydrogen (secondary N) is 3. The van der Waals surface area contributed by atoms with Gasteiger partial charge in [-0.25, -0.2) is 0 Å². The summed E-state index contributed by atoms with van der Waals surface area (Å²) >= 11 is 0. The van der Waals surface area contributed by atoms with Crippen molar-refractivity contribution in [2.75, 3.05) is 19.6 Å². The number of amides is 3. The Morgan fingerprint density at radius 2 is 1.70 bits per heavy atom. The second-order valence-electron chi connectivity index (χ2n) is 10.4. The summed E-state index contributed by atoms with van der Waals surface area (Å²) in [6.07, 6.45) is 3.23. The van der Waals surface area contributed by atoms with Crippen molar-refractivity contribution >= 4 is 28.6 Å². The second kappa shape index (κ2) is 10.8. The molecule has 2 aromatic carbocycles. The summed E-state index contributed by atoms with van der Waals surface area (Å²) in [6.45, 7) is 6.53. The van der Waals surface area contributed by atoms with Crippen LogP contribution in [0.15, 0.2) is 60.8 Å². The zero-order valence-electron chi connectivity index (χ0n) is 21.8. The van der Waals surface area contributed by atoms with Gasteiger partial charge in [0.05, 0.1) is 11.0 Å². The fourth-order valence-corrected chi connectivity index (χ4v) is 5.13. The number of fused-ring (bicyclic) bond motifs is 1. The minimum Gasteiger partial charge on any atom is -0.361 e. The zero-order valence-corrected chi connectivity index (χ0v) is 21.8. The monoisotopic (exact) mass is 503 g/mol. The van der Waals surface area contributed by atoms with Crippen LogP contribution < -0.4 is 16.4 Å². The van der Waals surface area contributed by atoms with Crippen molar-refractivity contribution in [3.8, 4) is 0 Å². The van der Waals surface area contributed by atoms with E-state index in [1.165, 1.54) is 0 Å². The van der Waals surface area contributed by atoms with Gasteiger partial charge < -0.3 is 26.3 Å². The number of rotatable bonds is 8. The Labute approximate surface area is 218 Å². The molecular formula is C29H37N5O3. The van der Waals surface area contributed by atoms with Gasteiger partial charge >= 0.3 is 0 Å². The topological polar surface area (TPSA) is 120 Å². The number of piperidine rings is 1. The minimum absolute atomic E-state index is 0.0122. The predicted molar refractivity (Wildman–Crippen MR) is 145 cm³/mol. The number of likely N-dealkylation sites (tertiary alicyclic amines) is 1. The summed E-state index contributed by atoms with van der Waals surface area (Å²) < 4.78 is 0. The number of hydrogen-bond acceptors (Lipinski definition) is 4. The van der Waals surface area contributed by atoms with E-state index in [2.05, 4.69) is 15.6 Å². The lowest BCUT2D eigenvalue weighted by Crippen LogP contribution is -2.59. The number of carbonyl (C=O) groups is 3. The summed E-state index contributed by atoms with van der Waals surface area (Å²) in [4.78, 5) is 44.9. The number of hydrogen-bond donors (Lipinski definition) is 4. The van der Waals surface area contributed by atoms with E-state index in [0.29, 0.717) is 38.9 Å². The first-order valence-corrected chi connectivity index (χ1v) is 12.9. The van der Waals surface area contributed by atoms with E-state index < -0.39 is 17.0 Å². The molecule has 1 aliphatic heterocycles. The van der Waals surface area contributed by atoms with Crippen LogP contribution in [-0.2, 0) is 26.2 Å². The third-order valence-corrected chi connectivity index (χ3v) is 7.31. The first-order chi connectivity index (χ1) is 17.7. The lowest BCUT2D eigenvalue weighted by molar-refractivity contribution is -0.140. The summed E-state index contributed by atoms with van der Waals surface area (Å²) in [7, 11) is 0. The van der Waals surface area contributed by atoms with Crippen molar-refractivity contribution in [1.29, 1.82) is 0 Å². The third-order valence-electron chi connectivity index (χ3n) is 7.31. The fraction of sp³-hybridized carbons (Fsp3) is 0.414. The lowest BCUT2D eigenvalue weighted by Gasteiger charge is -2.42. The molecule has 1 saturated heterocycles. The van der Waals surface area contributed by atoms with Crippen molar-refractivity contribution in [2.45, 2.75) is 57.0 Å². The largest absolute Gasteiger partial charge is 0.361 e. The van der Waals surface area contributed by atoms with Crippen LogP contribution in [0.25, 0.3) is 10.9 Å². The Morgan fingerprint density at radius 1 is 1.05 bits per heavy atom. The van der Waals surface area contributed by atoms with Gasteiger partial charge in [0.2, 0.25) is 17.7 Å². The Kier molecular flexibility index (Phi) is 7.68. The highest BCUT2D eigenvalue weighted by molar-refractivity contribution is 5.93. The van der Waals surface area contributed by atoms with Crippen LogP contribution in [-0.4, -0.2) is 58.8 Å². The van der Waals surface area contributed by atoms with Gasteiger partial charge in [0.25, 0.3) is 0 Å². The molecular weight excluding hydrogens is 466 g/mol. The van der Waals surface area contributed by atoms with Crippen LogP contribution in [0.1, 0.15) is 44.7 Å². The summed E-state index contributed by atoms with van der Waals surface area (Å²) in [5, 5.41) is 6.91. The molecule has 1 aromatic heterocycles. The Balaban J connectivity index is 1.57. The first-order valence-electron chi connectivity index (χ1n) is 12.9. The average molecular weight is 504 g/mol. The molecule has 0 bridgehead atoms. The molecule has 5 N–H and O–H groups in total. The van der Waals surface area contributed by atoms with Crippen LogP contribution >= 0.6 is 0 Å². The fourth-order valence-electron chi connectivity index (χ4n) is 5.13. The molecule has 0 radical (unpaired) electrons. The number of nitrogens with zero attached hydrogens (tertiary/aromatic N) is 1. The maximum atomic E-state index is 13.8. The van der Waals surface area contributed by atoms with Gasteiger partial charge in [-0.2, -0.15) is 0 Å². The van der Waals surface area contributed by atoms with Crippen LogP contribution in [0.2, 0.25) is 0 Å². The molecule has 1 aliphatic rings. The molecule has 2 heterocycles. The second-order valence-corrected chi connectivity index (χ2v) is 10.4. The normalized spacial score (nSPS) is 16.3. The number of nitrogens with two attached hydrogens (primary N) is 1.